The van der Waals surface area contributed by atoms with Crippen LogP contribution in [0.3, 0.4) is 0 Å². The van der Waals surface area contributed by atoms with E-state index in [0.29, 0.717) is 0 Å². The zero-order valence-corrected chi connectivity index (χ0v) is 6.32. The van der Waals surface area contributed by atoms with Crippen LogP contribution in [0, 0.1) is 6.92 Å². The molecular weight excluding hydrogens is 138 g/mol. The molecule has 0 bridgehead atoms. The first-order valence-electron chi connectivity index (χ1n) is 2.81. The molecule has 1 unspecified atom stereocenters. The average molecular weight is 150 g/mol. The maximum atomic E-state index is 10.8. The van der Waals surface area contributed by atoms with Crippen molar-refractivity contribution < 1.29 is 8.42 Å². The minimum Gasteiger partial charge on any atom is -0.315 e. The summed E-state index contributed by atoms with van der Waals surface area (Å²) in [5.41, 5.74) is 5.21. The van der Waals surface area contributed by atoms with Gasteiger partial charge in [-0.3, -0.25) is 0 Å². The van der Waals surface area contributed by atoms with Gasteiger partial charge in [0.25, 0.3) is 0 Å². The van der Waals surface area contributed by atoms with E-state index in [4.69, 9.17) is 5.73 Å². The molecule has 2 N–H and O–H groups in total. The second kappa shape index (κ2) is 3.17. The van der Waals surface area contributed by atoms with Crippen LogP contribution < -0.4 is 5.73 Å². The van der Waals surface area contributed by atoms with Crippen molar-refractivity contribution in [2.75, 3.05) is 5.75 Å². The molecule has 0 aromatic heterocycles. The first-order chi connectivity index (χ1) is 4.04. The minimum atomic E-state index is -3.03. The van der Waals surface area contributed by atoms with Gasteiger partial charge < -0.3 is 5.73 Å². The van der Waals surface area contributed by atoms with Crippen LogP contribution in [0.4, 0.5) is 0 Å². The Balaban J connectivity index is 4.17. The van der Waals surface area contributed by atoms with Crippen LogP contribution in [-0.2, 0) is 9.84 Å². The normalized spacial score (nSPS) is 15.4. The lowest BCUT2D eigenvalue weighted by atomic mass is 10.5. The third-order valence-corrected chi connectivity index (χ3v) is 3.11. The summed E-state index contributed by atoms with van der Waals surface area (Å²) in [4.78, 5) is 0. The number of nitrogens with two attached hydrogens (primary N) is 1. The van der Waals surface area contributed by atoms with E-state index in [-0.39, 0.29) is 12.2 Å². The van der Waals surface area contributed by atoms with E-state index < -0.39 is 15.2 Å². The fourth-order valence-electron chi connectivity index (χ4n) is 0.394. The summed E-state index contributed by atoms with van der Waals surface area (Å²) in [5.74, 6) is 0.101. The summed E-state index contributed by atoms with van der Waals surface area (Å²) >= 11 is 0. The van der Waals surface area contributed by atoms with Crippen LogP contribution in [0.5, 0.6) is 0 Å². The first kappa shape index (κ1) is 8.91. The highest BCUT2D eigenvalue weighted by molar-refractivity contribution is 7.91. The summed E-state index contributed by atoms with van der Waals surface area (Å²) in [6.45, 7) is 4.97. The fraction of sp³-hybridized carbons (Fsp3) is 0.800. The monoisotopic (exact) mass is 150 g/mol. The first-order valence-corrected chi connectivity index (χ1v) is 4.52. The molecule has 0 amide bonds. The van der Waals surface area contributed by atoms with Crippen molar-refractivity contribution in [3.05, 3.63) is 6.92 Å². The highest BCUT2D eigenvalue weighted by atomic mass is 32.2. The van der Waals surface area contributed by atoms with Gasteiger partial charge in [-0.2, -0.15) is 0 Å². The number of sulfone groups is 1. The SMILES string of the molecule is [CH2]CC(N)S(=O)(=O)CC. The Kier molecular flexibility index (Phi) is 3.14. The van der Waals surface area contributed by atoms with E-state index in [1.54, 1.807) is 6.92 Å². The van der Waals surface area contributed by atoms with Crippen LogP contribution in [0.2, 0.25) is 0 Å². The van der Waals surface area contributed by atoms with Crippen molar-refractivity contribution in [1.29, 1.82) is 0 Å². The molecule has 55 valence electrons. The second-order valence-corrected chi connectivity index (χ2v) is 4.29. The minimum absolute atomic E-state index is 0.101. The average Bonchev–Trinajstić information content (AvgIpc) is 1.86. The van der Waals surface area contributed by atoms with E-state index in [2.05, 4.69) is 6.92 Å². The van der Waals surface area contributed by atoms with Gasteiger partial charge in [0.2, 0.25) is 0 Å². The largest absolute Gasteiger partial charge is 0.315 e. The van der Waals surface area contributed by atoms with Gasteiger partial charge in [-0.15, -0.1) is 0 Å². The molecule has 1 atom stereocenters. The number of hydrogen-bond acceptors (Lipinski definition) is 3. The molecule has 0 aromatic carbocycles. The molecule has 1 radical (unpaired) electrons. The molecule has 0 rings (SSSR count). The Labute approximate surface area is 56.2 Å². The molecule has 0 saturated heterocycles. The molecule has 0 fully saturated rings. The van der Waals surface area contributed by atoms with E-state index >= 15 is 0 Å². The predicted molar refractivity (Wildman–Crippen MR) is 37.4 cm³/mol. The van der Waals surface area contributed by atoms with Crippen LogP contribution in [-0.4, -0.2) is 19.5 Å². The van der Waals surface area contributed by atoms with E-state index in [9.17, 15) is 8.42 Å². The van der Waals surface area contributed by atoms with Crippen molar-refractivity contribution in [2.24, 2.45) is 5.73 Å². The standard InChI is InChI=1S/C5H12NO2S/c1-3-5(6)9(7,8)4-2/h5H,1,3-4,6H2,2H3. The second-order valence-electron chi connectivity index (χ2n) is 1.78. The van der Waals surface area contributed by atoms with Crippen molar-refractivity contribution in [3.8, 4) is 0 Å². The number of hydrogen-bond donors (Lipinski definition) is 1. The Morgan fingerprint density at radius 2 is 2.11 bits per heavy atom. The molecule has 3 nitrogen and oxygen atoms in total. The molecule has 0 aromatic rings. The van der Waals surface area contributed by atoms with E-state index in [1.807, 2.05) is 0 Å². The van der Waals surface area contributed by atoms with Gasteiger partial charge in [0.05, 0.1) is 0 Å². The van der Waals surface area contributed by atoms with E-state index in [1.165, 1.54) is 0 Å². The topological polar surface area (TPSA) is 60.2 Å². The van der Waals surface area contributed by atoms with Gasteiger partial charge in [-0.25, -0.2) is 8.42 Å². The summed E-state index contributed by atoms with van der Waals surface area (Å²) < 4.78 is 21.5. The van der Waals surface area contributed by atoms with E-state index in [0.717, 1.165) is 0 Å². The third kappa shape index (κ3) is 2.32. The van der Waals surface area contributed by atoms with Gasteiger partial charge in [0.1, 0.15) is 5.37 Å². The Hall–Kier alpha value is -0.0900. The molecule has 4 heteroatoms. The zero-order valence-electron chi connectivity index (χ0n) is 5.50. The van der Waals surface area contributed by atoms with Crippen molar-refractivity contribution in [1.82, 2.24) is 0 Å². The molecule has 0 aliphatic carbocycles. The molecule has 0 saturated carbocycles. The molecule has 0 aliphatic rings. The highest BCUT2D eigenvalue weighted by Gasteiger charge is 2.15. The van der Waals surface area contributed by atoms with Crippen molar-refractivity contribution in [3.63, 3.8) is 0 Å². The highest BCUT2D eigenvalue weighted by Crippen LogP contribution is 1.98. The third-order valence-electron chi connectivity index (χ3n) is 1.15. The lowest BCUT2D eigenvalue weighted by Crippen LogP contribution is -2.30. The van der Waals surface area contributed by atoms with Gasteiger partial charge in [-0.1, -0.05) is 13.8 Å². The predicted octanol–water partition coefficient (Wildman–Crippen LogP) is -0.0699. The smallest absolute Gasteiger partial charge is 0.165 e. The van der Waals surface area contributed by atoms with Crippen LogP contribution >= 0.6 is 0 Å². The summed E-state index contributed by atoms with van der Waals surface area (Å²) in [7, 11) is -3.03. The summed E-state index contributed by atoms with van der Waals surface area (Å²) in [6, 6.07) is 0. The Morgan fingerprint density at radius 3 is 2.22 bits per heavy atom. The maximum absolute atomic E-state index is 10.8. The Morgan fingerprint density at radius 1 is 1.67 bits per heavy atom. The van der Waals surface area contributed by atoms with Gasteiger partial charge in [0, 0.05) is 5.75 Å². The lowest BCUT2D eigenvalue weighted by Gasteiger charge is -2.06. The van der Waals surface area contributed by atoms with Gasteiger partial charge in [0.15, 0.2) is 9.84 Å². The van der Waals surface area contributed by atoms with Gasteiger partial charge in [-0.05, 0) is 6.42 Å². The summed E-state index contributed by atoms with van der Waals surface area (Å²) in [5, 5.41) is -0.775. The van der Waals surface area contributed by atoms with Crippen molar-refractivity contribution in [2.45, 2.75) is 18.7 Å². The van der Waals surface area contributed by atoms with Crippen LogP contribution in [0.25, 0.3) is 0 Å². The van der Waals surface area contributed by atoms with Crippen LogP contribution in [0.15, 0.2) is 0 Å². The molecular formula is C5H12NO2S. The quantitative estimate of drug-likeness (QED) is 0.612. The maximum Gasteiger partial charge on any atom is 0.165 e. The number of rotatable bonds is 3. The zero-order chi connectivity index (χ0) is 7.49. The molecule has 9 heavy (non-hydrogen) atoms. The molecule has 0 heterocycles. The van der Waals surface area contributed by atoms with Gasteiger partial charge >= 0.3 is 0 Å². The van der Waals surface area contributed by atoms with Crippen molar-refractivity contribution >= 4 is 9.84 Å². The lowest BCUT2D eigenvalue weighted by molar-refractivity contribution is 0.582. The molecule has 0 spiro atoms. The van der Waals surface area contributed by atoms with Crippen LogP contribution in [0.1, 0.15) is 13.3 Å². The fourth-order valence-corrected chi connectivity index (χ4v) is 1.18. The molecule has 0 aliphatic heterocycles. The Bertz CT molecular complexity index is 162. The summed E-state index contributed by atoms with van der Waals surface area (Å²) in [6.07, 6.45) is 0.246.